The number of rotatable bonds is 1. The van der Waals surface area contributed by atoms with Gasteiger partial charge in [0.1, 0.15) is 0 Å². The minimum absolute atomic E-state index is 0.0550. The summed E-state index contributed by atoms with van der Waals surface area (Å²) in [5.74, 6) is -0.652. The number of carbonyl (C=O) groups is 2. The van der Waals surface area contributed by atoms with Crippen LogP contribution in [-0.2, 0) is 9.59 Å². The highest BCUT2D eigenvalue weighted by Gasteiger charge is 2.54. The molecule has 1 unspecified atom stereocenters. The van der Waals surface area contributed by atoms with Gasteiger partial charge < -0.3 is 0 Å². The molecule has 1 aromatic rings. The smallest absolute Gasteiger partial charge is 0.264 e. The molecular formula is C12H9Cl2N3O2. The molecule has 19 heavy (non-hydrogen) atoms. The van der Waals surface area contributed by atoms with Crippen LogP contribution in [0.25, 0.3) is 0 Å². The van der Waals surface area contributed by atoms with Gasteiger partial charge in [-0.15, -0.1) is 0 Å². The monoisotopic (exact) mass is 297 g/mol. The van der Waals surface area contributed by atoms with Gasteiger partial charge in [-0.25, -0.2) is 4.90 Å². The maximum Gasteiger partial charge on any atom is 0.264 e. The average Bonchev–Trinajstić information content (AvgIpc) is 2.85. The Kier molecular flexibility index (Phi) is 2.83. The van der Waals surface area contributed by atoms with E-state index in [4.69, 9.17) is 23.2 Å². The molecule has 2 aliphatic heterocycles. The molecule has 1 saturated heterocycles. The predicted octanol–water partition coefficient (Wildman–Crippen LogP) is 2.85. The number of benzene rings is 1. The van der Waals surface area contributed by atoms with Crippen LogP contribution in [0.5, 0.6) is 0 Å². The molecule has 98 valence electrons. The van der Waals surface area contributed by atoms with Gasteiger partial charge in [-0.3, -0.25) is 9.59 Å². The molecule has 0 aliphatic carbocycles. The quantitative estimate of drug-likeness (QED) is 0.748. The fourth-order valence-corrected chi connectivity index (χ4v) is 2.91. The van der Waals surface area contributed by atoms with E-state index in [1.807, 2.05) is 0 Å². The first kappa shape index (κ1) is 12.6. The molecule has 2 heterocycles. The highest BCUT2D eigenvalue weighted by molar-refractivity contribution is 6.35. The first-order valence-electron chi connectivity index (χ1n) is 5.74. The van der Waals surface area contributed by atoms with Gasteiger partial charge >= 0.3 is 0 Å². The van der Waals surface area contributed by atoms with Crippen molar-refractivity contribution in [3.63, 3.8) is 0 Å². The third kappa shape index (κ3) is 1.93. The van der Waals surface area contributed by atoms with Gasteiger partial charge in [-0.1, -0.05) is 23.2 Å². The Balaban J connectivity index is 2.03. The minimum atomic E-state index is -1.01. The number of halogens is 2. The third-order valence-corrected chi connectivity index (χ3v) is 3.72. The van der Waals surface area contributed by atoms with Crippen molar-refractivity contribution in [3.05, 3.63) is 28.2 Å². The molecule has 0 aromatic heterocycles. The normalized spacial score (nSPS) is 25.9. The van der Waals surface area contributed by atoms with Gasteiger partial charge in [0.05, 0.1) is 18.7 Å². The van der Waals surface area contributed by atoms with Crippen LogP contribution in [0.15, 0.2) is 28.4 Å². The first-order chi connectivity index (χ1) is 9.02. The van der Waals surface area contributed by atoms with Gasteiger partial charge in [0.2, 0.25) is 5.91 Å². The topological polar surface area (TPSA) is 62.1 Å². The van der Waals surface area contributed by atoms with Crippen molar-refractivity contribution >= 4 is 40.7 Å². The van der Waals surface area contributed by atoms with E-state index in [-0.39, 0.29) is 18.2 Å². The van der Waals surface area contributed by atoms with E-state index < -0.39 is 5.54 Å². The maximum atomic E-state index is 12.4. The lowest BCUT2D eigenvalue weighted by molar-refractivity contribution is -0.122. The molecule has 1 atom stereocenters. The van der Waals surface area contributed by atoms with Crippen molar-refractivity contribution in [2.24, 2.45) is 10.2 Å². The highest BCUT2D eigenvalue weighted by atomic mass is 35.5. The second-order valence-corrected chi connectivity index (χ2v) is 5.46. The molecule has 1 aromatic carbocycles. The molecule has 1 fully saturated rings. The first-order valence-corrected chi connectivity index (χ1v) is 6.50. The van der Waals surface area contributed by atoms with Crippen LogP contribution in [0.1, 0.15) is 12.8 Å². The Morgan fingerprint density at radius 3 is 2.42 bits per heavy atom. The Morgan fingerprint density at radius 2 is 1.84 bits per heavy atom. The Morgan fingerprint density at radius 1 is 1.16 bits per heavy atom. The van der Waals surface area contributed by atoms with Crippen LogP contribution < -0.4 is 4.90 Å². The van der Waals surface area contributed by atoms with E-state index in [1.165, 1.54) is 12.1 Å². The zero-order valence-corrected chi connectivity index (χ0v) is 11.3. The number of nitrogens with zero attached hydrogens (tertiary/aromatic N) is 3. The van der Waals surface area contributed by atoms with Crippen molar-refractivity contribution in [2.45, 2.75) is 18.4 Å². The van der Waals surface area contributed by atoms with Crippen molar-refractivity contribution in [3.8, 4) is 0 Å². The molecular weight excluding hydrogens is 289 g/mol. The molecule has 0 saturated carbocycles. The van der Waals surface area contributed by atoms with Crippen LogP contribution >= 0.6 is 23.2 Å². The number of hydrogen-bond donors (Lipinski definition) is 0. The Labute approximate surface area is 119 Å². The summed E-state index contributed by atoms with van der Waals surface area (Å²) in [4.78, 5) is 25.6. The molecule has 0 N–H and O–H groups in total. The fourth-order valence-electron chi connectivity index (χ4n) is 2.40. The third-order valence-electron chi connectivity index (χ3n) is 3.29. The Hall–Kier alpha value is -1.46. The number of anilines is 1. The van der Waals surface area contributed by atoms with Gasteiger partial charge in [0.15, 0.2) is 5.54 Å². The molecule has 0 radical (unpaired) electrons. The van der Waals surface area contributed by atoms with E-state index in [0.717, 1.165) is 4.90 Å². The Bertz CT molecular complexity index is 597. The summed E-state index contributed by atoms with van der Waals surface area (Å²) in [5, 5.41) is 8.55. The van der Waals surface area contributed by atoms with Crippen LogP contribution in [0.2, 0.25) is 10.0 Å². The molecule has 5 nitrogen and oxygen atoms in total. The summed E-state index contributed by atoms with van der Waals surface area (Å²) in [7, 11) is 0. The lowest BCUT2D eigenvalue weighted by Gasteiger charge is -2.18. The number of carbonyl (C=O) groups excluding carboxylic acids is 2. The molecule has 7 heteroatoms. The summed E-state index contributed by atoms with van der Waals surface area (Å²) in [6.07, 6.45) is 0.530. The number of azo groups is 1. The van der Waals surface area contributed by atoms with Crippen molar-refractivity contribution in [2.75, 3.05) is 11.4 Å². The predicted molar refractivity (Wildman–Crippen MR) is 70.6 cm³/mol. The van der Waals surface area contributed by atoms with E-state index in [1.54, 1.807) is 6.07 Å². The van der Waals surface area contributed by atoms with Crippen LogP contribution in [0.4, 0.5) is 5.69 Å². The van der Waals surface area contributed by atoms with Gasteiger partial charge in [0.25, 0.3) is 5.91 Å². The van der Waals surface area contributed by atoms with Crippen molar-refractivity contribution in [1.82, 2.24) is 0 Å². The average molecular weight is 298 g/mol. The van der Waals surface area contributed by atoms with Gasteiger partial charge in [-0.05, 0) is 18.2 Å². The molecule has 1 spiro atoms. The maximum absolute atomic E-state index is 12.4. The summed E-state index contributed by atoms with van der Waals surface area (Å²) < 4.78 is 0. The molecule has 2 aliphatic rings. The van der Waals surface area contributed by atoms with E-state index in [0.29, 0.717) is 28.7 Å². The summed E-state index contributed by atoms with van der Waals surface area (Å²) in [6, 6.07) is 4.62. The van der Waals surface area contributed by atoms with Gasteiger partial charge in [0, 0.05) is 16.5 Å². The second kappa shape index (κ2) is 4.28. The summed E-state index contributed by atoms with van der Waals surface area (Å²) in [5.41, 5.74) is -0.627. The standard InChI is InChI=1S/C12H9Cl2N3O2/c13-7-3-8(14)5-9(4-7)17-10(18)6-12(11(17)19)1-2-15-16-12/h3-5H,1-2,6H2. The van der Waals surface area contributed by atoms with E-state index >= 15 is 0 Å². The molecule has 0 bridgehead atoms. The van der Waals surface area contributed by atoms with E-state index in [9.17, 15) is 9.59 Å². The highest BCUT2D eigenvalue weighted by Crippen LogP contribution is 2.38. The second-order valence-electron chi connectivity index (χ2n) is 4.59. The summed E-state index contributed by atoms with van der Waals surface area (Å²) >= 11 is 11.8. The van der Waals surface area contributed by atoms with Crippen molar-refractivity contribution < 1.29 is 9.59 Å². The lowest BCUT2D eigenvalue weighted by Crippen LogP contribution is -2.38. The van der Waals surface area contributed by atoms with Crippen LogP contribution in [0.3, 0.4) is 0 Å². The molecule has 3 rings (SSSR count). The van der Waals surface area contributed by atoms with Crippen molar-refractivity contribution in [1.29, 1.82) is 0 Å². The lowest BCUT2D eigenvalue weighted by atomic mass is 9.96. The van der Waals surface area contributed by atoms with E-state index in [2.05, 4.69) is 10.2 Å². The van der Waals surface area contributed by atoms with Crippen LogP contribution in [0, 0.1) is 0 Å². The number of hydrogen-bond acceptors (Lipinski definition) is 4. The zero-order valence-electron chi connectivity index (χ0n) is 9.77. The zero-order chi connectivity index (χ0) is 13.6. The largest absolute Gasteiger partial charge is 0.274 e. The van der Waals surface area contributed by atoms with Crippen LogP contribution in [-0.4, -0.2) is 23.9 Å². The van der Waals surface area contributed by atoms with Gasteiger partial charge in [-0.2, -0.15) is 10.2 Å². The molecule has 2 amide bonds. The SMILES string of the molecule is O=C1CC2(CCN=N2)C(=O)N1c1cc(Cl)cc(Cl)c1. The number of imide groups is 1. The minimum Gasteiger partial charge on any atom is -0.274 e. The summed E-state index contributed by atoms with van der Waals surface area (Å²) in [6.45, 7) is 0.475. The number of amides is 2. The fraction of sp³-hybridized carbons (Fsp3) is 0.333.